The van der Waals surface area contributed by atoms with Gasteiger partial charge in [0, 0.05) is 6.42 Å². The van der Waals surface area contributed by atoms with Crippen molar-refractivity contribution in [2.24, 2.45) is 35.5 Å². The van der Waals surface area contributed by atoms with Crippen LogP contribution in [0.3, 0.4) is 0 Å². The number of carbonyl (C=O) groups is 3. The highest BCUT2D eigenvalue weighted by molar-refractivity contribution is 6.09. The average Bonchev–Trinajstić information content (AvgIpc) is 3.38. The topological polar surface area (TPSA) is 79.6 Å². The second-order valence-electron chi connectivity index (χ2n) is 9.20. The molecule has 0 unspecified atom stereocenters. The van der Waals surface area contributed by atoms with Crippen molar-refractivity contribution in [3.8, 4) is 0 Å². The number of carbonyl (C=O) groups excluding carboxylic acids is 3. The molecule has 1 N–H and O–H groups in total. The smallest absolute Gasteiger partial charge is 0.244 e. The summed E-state index contributed by atoms with van der Waals surface area (Å²) in [5.74, 6) is 0.705. The van der Waals surface area contributed by atoms with Gasteiger partial charge in [0.25, 0.3) is 0 Å². The van der Waals surface area contributed by atoms with E-state index in [1.165, 1.54) is 4.90 Å². The molecule has 158 valence electrons. The van der Waals surface area contributed by atoms with E-state index in [-0.39, 0.29) is 47.9 Å². The van der Waals surface area contributed by atoms with Gasteiger partial charge in [0.2, 0.25) is 17.7 Å². The van der Waals surface area contributed by atoms with Crippen molar-refractivity contribution in [3.05, 3.63) is 72.2 Å². The first-order chi connectivity index (χ1) is 15.1. The van der Waals surface area contributed by atoms with Gasteiger partial charge in [-0.2, -0.15) is 0 Å². The van der Waals surface area contributed by atoms with E-state index < -0.39 is 6.04 Å². The van der Waals surface area contributed by atoms with Crippen molar-refractivity contribution < 1.29 is 18.8 Å². The number of furan rings is 1. The maximum absolute atomic E-state index is 13.5. The van der Waals surface area contributed by atoms with Crippen LogP contribution in [0.25, 0.3) is 0 Å². The molecule has 0 spiro atoms. The summed E-state index contributed by atoms with van der Waals surface area (Å²) in [5, 5.41) is 2.87. The molecule has 5 aliphatic rings. The van der Waals surface area contributed by atoms with Gasteiger partial charge in [-0.3, -0.25) is 19.3 Å². The Morgan fingerprint density at radius 3 is 2.29 bits per heavy atom. The number of allylic oxidation sites excluding steroid dienone is 2. The summed E-state index contributed by atoms with van der Waals surface area (Å²) in [4.78, 5) is 41.6. The number of rotatable bonds is 6. The fraction of sp³-hybridized carbons (Fsp3) is 0.400. The zero-order valence-corrected chi connectivity index (χ0v) is 17.0. The van der Waals surface area contributed by atoms with Crippen molar-refractivity contribution >= 4 is 17.7 Å². The van der Waals surface area contributed by atoms with Gasteiger partial charge in [-0.15, -0.1) is 0 Å². The zero-order valence-electron chi connectivity index (χ0n) is 17.0. The van der Waals surface area contributed by atoms with Crippen molar-refractivity contribution in [1.82, 2.24) is 10.2 Å². The van der Waals surface area contributed by atoms with Gasteiger partial charge in [-0.05, 0) is 47.8 Å². The van der Waals surface area contributed by atoms with Crippen molar-refractivity contribution in [2.75, 3.05) is 0 Å². The Labute approximate surface area is 180 Å². The number of hydrogen-bond donors (Lipinski definition) is 1. The lowest BCUT2D eigenvalue weighted by molar-refractivity contribution is -0.148. The molecule has 2 heterocycles. The van der Waals surface area contributed by atoms with E-state index >= 15 is 0 Å². The van der Waals surface area contributed by atoms with Gasteiger partial charge in [-0.25, -0.2) is 0 Å². The quantitative estimate of drug-likeness (QED) is 0.580. The molecule has 2 saturated carbocycles. The fourth-order valence-corrected chi connectivity index (χ4v) is 6.13. The molecule has 1 aliphatic heterocycles. The Hall–Kier alpha value is -3.15. The van der Waals surface area contributed by atoms with E-state index in [1.807, 2.05) is 30.3 Å². The van der Waals surface area contributed by atoms with Gasteiger partial charge in [0.05, 0.1) is 24.6 Å². The summed E-state index contributed by atoms with van der Waals surface area (Å²) in [5.41, 5.74) is 0.917. The van der Waals surface area contributed by atoms with Crippen LogP contribution >= 0.6 is 0 Å². The minimum absolute atomic E-state index is 0.144. The zero-order chi connectivity index (χ0) is 21.1. The van der Waals surface area contributed by atoms with Crippen LogP contribution in [0.5, 0.6) is 0 Å². The highest BCUT2D eigenvalue weighted by Gasteiger charge is 2.67. The Morgan fingerprint density at radius 2 is 1.68 bits per heavy atom. The fourth-order valence-electron chi connectivity index (χ4n) is 6.13. The van der Waals surface area contributed by atoms with Crippen LogP contribution < -0.4 is 5.32 Å². The van der Waals surface area contributed by atoms with E-state index in [9.17, 15) is 14.4 Å². The third-order valence-corrected chi connectivity index (χ3v) is 7.60. The number of imide groups is 1. The molecule has 7 atom stereocenters. The molecular formula is C25H24N2O4. The average molecular weight is 416 g/mol. The SMILES string of the molecule is O=C(NCc1ccco1)[C@H](Cc1ccccc1)N1C(=O)[C@@H]2[C@@H]3C=C[C@H]([C@H]4C[C@@H]34)[C@@H]2C1=O. The first-order valence-corrected chi connectivity index (χ1v) is 11.0. The van der Waals surface area contributed by atoms with Gasteiger partial charge >= 0.3 is 0 Å². The van der Waals surface area contributed by atoms with Crippen LogP contribution in [0.4, 0.5) is 0 Å². The highest BCUT2D eigenvalue weighted by atomic mass is 16.3. The number of nitrogens with one attached hydrogen (secondary N) is 1. The van der Waals surface area contributed by atoms with Crippen LogP contribution in [-0.4, -0.2) is 28.7 Å². The summed E-state index contributed by atoms with van der Waals surface area (Å²) in [7, 11) is 0. The molecule has 1 aromatic carbocycles. The van der Waals surface area contributed by atoms with E-state index in [0.29, 0.717) is 24.0 Å². The number of benzene rings is 1. The lowest BCUT2D eigenvalue weighted by atomic mass is 9.63. The van der Waals surface area contributed by atoms with Crippen molar-refractivity contribution in [2.45, 2.75) is 25.4 Å². The number of nitrogens with zero attached hydrogens (tertiary/aromatic N) is 1. The third kappa shape index (κ3) is 2.88. The monoisotopic (exact) mass is 416 g/mol. The van der Waals surface area contributed by atoms with Crippen LogP contribution in [0.15, 0.2) is 65.3 Å². The number of likely N-dealkylation sites (tertiary alicyclic amines) is 1. The van der Waals surface area contributed by atoms with Gasteiger partial charge in [-0.1, -0.05) is 42.5 Å². The van der Waals surface area contributed by atoms with Crippen molar-refractivity contribution in [3.63, 3.8) is 0 Å². The maximum atomic E-state index is 13.5. The molecule has 3 fully saturated rings. The lowest BCUT2D eigenvalue weighted by Gasteiger charge is -2.37. The van der Waals surface area contributed by atoms with Crippen molar-refractivity contribution in [1.29, 1.82) is 0 Å². The molecule has 0 radical (unpaired) electrons. The molecule has 6 heteroatoms. The standard InChI is InChI=1S/C25H24N2O4/c28-23(26-13-15-7-4-10-31-15)20(11-14-5-2-1-3-6-14)27-24(29)21-16-8-9-17(19-12-18(16)19)22(21)25(27)30/h1-10,16-22H,11-13H2,(H,26,28)/t16-,17-,18-,19+,20+,21+,22-/m1/s1. The second kappa shape index (κ2) is 6.94. The molecule has 3 amide bonds. The molecule has 1 aromatic heterocycles. The predicted octanol–water partition coefficient (Wildman–Crippen LogP) is 2.56. The van der Waals surface area contributed by atoms with Gasteiger partial charge in [0.15, 0.2) is 0 Å². The van der Waals surface area contributed by atoms with E-state index in [4.69, 9.17) is 4.42 Å². The molecule has 2 bridgehead atoms. The summed E-state index contributed by atoms with van der Waals surface area (Å²) < 4.78 is 5.31. The van der Waals surface area contributed by atoms with E-state index in [2.05, 4.69) is 17.5 Å². The molecule has 7 rings (SSSR count). The number of hydrogen-bond acceptors (Lipinski definition) is 4. The Kier molecular flexibility index (Phi) is 4.16. The Morgan fingerprint density at radius 1 is 1.00 bits per heavy atom. The molecular weight excluding hydrogens is 392 g/mol. The third-order valence-electron chi connectivity index (χ3n) is 7.60. The minimum Gasteiger partial charge on any atom is -0.467 e. The first kappa shape index (κ1) is 18.6. The van der Waals surface area contributed by atoms with Crippen LogP contribution in [0.1, 0.15) is 17.7 Å². The summed E-state index contributed by atoms with van der Waals surface area (Å²) in [6.45, 7) is 0.219. The first-order valence-electron chi connectivity index (χ1n) is 11.0. The highest BCUT2D eigenvalue weighted by Crippen LogP contribution is 2.65. The molecule has 6 nitrogen and oxygen atoms in total. The number of amides is 3. The maximum Gasteiger partial charge on any atom is 0.244 e. The van der Waals surface area contributed by atoms with Crippen LogP contribution in [0.2, 0.25) is 0 Å². The molecule has 1 saturated heterocycles. The molecule has 31 heavy (non-hydrogen) atoms. The predicted molar refractivity (Wildman–Crippen MR) is 111 cm³/mol. The van der Waals surface area contributed by atoms with E-state index in [0.717, 1.165) is 12.0 Å². The summed E-state index contributed by atoms with van der Waals surface area (Å²) in [6.07, 6.45) is 7.27. The lowest BCUT2D eigenvalue weighted by Crippen LogP contribution is -2.51. The minimum atomic E-state index is -0.862. The van der Waals surface area contributed by atoms with Crippen LogP contribution in [0, 0.1) is 35.5 Å². The summed E-state index contributed by atoms with van der Waals surface area (Å²) in [6, 6.07) is 12.2. The molecule has 2 aromatic rings. The Balaban J connectivity index is 1.30. The second-order valence-corrected chi connectivity index (χ2v) is 9.20. The summed E-state index contributed by atoms with van der Waals surface area (Å²) >= 11 is 0. The van der Waals surface area contributed by atoms with Crippen LogP contribution in [-0.2, 0) is 27.3 Å². The van der Waals surface area contributed by atoms with Gasteiger partial charge in [0.1, 0.15) is 11.8 Å². The largest absolute Gasteiger partial charge is 0.467 e. The Bertz CT molecular complexity index is 1020. The normalized spacial score (nSPS) is 33.2. The van der Waals surface area contributed by atoms with Gasteiger partial charge < -0.3 is 9.73 Å². The molecule has 4 aliphatic carbocycles. The van der Waals surface area contributed by atoms with E-state index in [1.54, 1.807) is 18.4 Å².